The van der Waals surface area contributed by atoms with Crippen LogP contribution in [0.25, 0.3) is 5.76 Å². The number of aliphatic hydroxyl groups is 1. The van der Waals surface area contributed by atoms with Gasteiger partial charge in [0.1, 0.15) is 17.6 Å². The van der Waals surface area contributed by atoms with Gasteiger partial charge in [0.05, 0.1) is 25.8 Å². The quantitative estimate of drug-likeness (QED) is 0.275. The molecule has 0 aromatic heterocycles. The van der Waals surface area contributed by atoms with Crippen molar-refractivity contribution in [3.8, 4) is 17.2 Å². The molecule has 180 valence electrons. The fourth-order valence-corrected chi connectivity index (χ4v) is 4.58. The molecule has 0 spiro atoms. The number of likely N-dealkylation sites (tertiary alicyclic amines) is 1. The molecule has 1 saturated heterocycles. The molecule has 2 aromatic rings. The van der Waals surface area contributed by atoms with Crippen LogP contribution in [-0.2, 0) is 20.7 Å². The van der Waals surface area contributed by atoms with E-state index in [1.54, 1.807) is 37.4 Å². The minimum absolute atomic E-state index is 0.0431. The highest BCUT2D eigenvalue weighted by Gasteiger charge is 2.46. The van der Waals surface area contributed by atoms with Crippen LogP contribution in [0.1, 0.15) is 36.1 Å². The van der Waals surface area contributed by atoms with Gasteiger partial charge < -0.3 is 29.0 Å². The summed E-state index contributed by atoms with van der Waals surface area (Å²) in [7, 11) is 4.63. The third-order valence-electron chi connectivity index (χ3n) is 6.18. The molecule has 0 radical (unpaired) electrons. The van der Waals surface area contributed by atoms with E-state index in [0.717, 1.165) is 11.3 Å². The molecule has 1 amide bonds. The van der Waals surface area contributed by atoms with E-state index in [0.29, 0.717) is 48.6 Å². The van der Waals surface area contributed by atoms with Crippen LogP contribution in [-0.4, -0.2) is 62.3 Å². The Bertz CT molecular complexity index is 1140. The Morgan fingerprint density at radius 1 is 1.09 bits per heavy atom. The zero-order chi connectivity index (χ0) is 24.4. The van der Waals surface area contributed by atoms with E-state index in [1.165, 1.54) is 19.1 Å². The van der Waals surface area contributed by atoms with Crippen LogP contribution in [0.4, 0.5) is 0 Å². The van der Waals surface area contributed by atoms with Crippen molar-refractivity contribution in [1.82, 2.24) is 4.90 Å². The summed E-state index contributed by atoms with van der Waals surface area (Å²) in [6.07, 6.45) is 1.30. The number of benzene rings is 2. The normalized spacial score (nSPS) is 20.9. The number of amides is 1. The summed E-state index contributed by atoms with van der Waals surface area (Å²) in [6.45, 7) is 2.70. The number of aliphatic hydroxyl groups excluding tert-OH is 1. The summed E-state index contributed by atoms with van der Waals surface area (Å²) in [5.41, 5.74) is 2.10. The highest BCUT2D eigenvalue weighted by atomic mass is 16.5. The molecule has 2 aromatic carbocycles. The molecule has 0 bridgehead atoms. The van der Waals surface area contributed by atoms with Gasteiger partial charge in [-0.15, -0.1) is 0 Å². The van der Waals surface area contributed by atoms with Gasteiger partial charge in [0.25, 0.3) is 11.7 Å². The Kier molecular flexibility index (Phi) is 6.79. The Labute approximate surface area is 198 Å². The monoisotopic (exact) mass is 467 g/mol. The first-order chi connectivity index (χ1) is 16.4. The minimum Gasteiger partial charge on any atom is -0.507 e. The van der Waals surface area contributed by atoms with Crippen molar-refractivity contribution < 1.29 is 33.6 Å². The second-order valence-corrected chi connectivity index (χ2v) is 8.41. The van der Waals surface area contributed by atoms with Crippen LogP contribution in [0.3, 0.4) is 0 Å². The molecule has 1 N–H and O–H groups in total. The molecule has 2 aliphatic rings. The number of rotatable bonds is 8. The molecule has 8 heteroatoms. The van der Waals surface area contributed by atoms with Crippen molar-refractivity contribution in [2.24, 2.45) is 0 Å². The van der Waals surface area contributed by atoms with Gasteiger partial charge in [-0.05, 0) is 54.8 Å². The minimum atomic E-state index is -0.778. The van der Waals surface area contributed by atoms with Crippen LogP contribution in [0.2, 0.25) is 0 Å². The average Bonchev–Trinajstić information content (AvgIpc) is 3.34. The second kappa shape index (κ2) is 9.77. The number of hydrogen-bond donors (Lipinski definition) is 1. The predicted molar refractivity (Wildman–Crippen MR) is 125 cm³/mol. The number of hydrogen-bond acceptors (Lipinski definition) is 7. The zero-order valence-corrected chi connectivity index (χ0v) is 19.8. The van der Waals surface area contributed by atoms with Gasteiger partial charge in [0.2, 0.25) is 0 Å². The fourth-order valence-electron chi connectivity index (χ4n) is 4.58. The molecule has 2 aliphatic heterocycles. The summed E-state index contributed by atoms with van der Waals surface area (Å²) in [5, 5.41) is 11.3. The third-order valence-corrected chi connectivity index (χ3v) is 6.18. The molecule has 0 unspecified atom stereocenters. The van der Waals surface area contributed by atoms with Crippen LogP contribution >= 0.6 is 0 Å². The van der Waals surface area contributed by atoms with Crippen LogP contribution < -0.4 is 14.2 Å². The first-order valence-electron chi connectivity index (χ1n) is 11.2. The molecule has 2 heterocycles. The number of ether oxygens (including phenoxy) is 4. The molecular weight excluding hydrogens is 438 g/mol. The lowest BCUT2D eigenvalue weighted by Gasteiger charge is -2.26. The second-order valence-electron chi connectivity index (χ2n) is 8.41. The lowest BCUT2D eigenvalue weighted by atomic mass is 9.94. The Hall–Kier alpha value is -3.52. The van der Waals surface area contributed by atoms with E-state index in [2.05, 4.69) is 0 Å². The average molecular weight is 468 g/mol. The molecule has 8 nitrogen and oxygen atoms in total. The standard InChI is InChI=1S/C26H29NO7/c1-15-12-18-13-17(7-8-19(18)34-15)24(28)22-23(16-6-9-20(32-3)21(14-16)33-4)27(10-5-11-31-2)26(30)25(22)29/h6-9,13-15,23,28H,5,10-12H2,1-4H3/t15-,23+/m0/s1. The molecule has 0 saturated carbocycles. The van der Waals surface area contributed by atoms with E-state index in [4.69, 9.17) is 18.9 Å². The summed E-state index contributed by atoms with van der Waals surface area (Å²) in [6, 6.07) is 9.75. The number of nitrogens with zero attached hydrogens (tertiary/aromatic N) is 1. The lowest BCUT2D eigenvalue weighted by molar-refractivity contribution is -0.140. The largest absolute Gasteiger partial charge is 0.507 e. The smallest absolute Gasteiger partial charge is 0.295 e. The Morgan fingerprint density at radius 2 is 1.85 bits per heavy atom. The van der Waals surface area contributed by atoms with Crippen LogP contribution in [0, 0.1) is 0 Å². The maximum absolute atomic E-state index is 13.2. The number of methoxy groups -OCH3 is 3. The van der Waals surface area contributed by atoms with E-state index in [-0.39, 0.29) is 17.4 Å². The van der Waals surface area contributed by atoms with Gasteiger partial charge in [-0.3, -0.25) is 9.59 Å². The summed E-state index contributed by atoms with van der Waals surface area (Å²) < 4.78 is 21.7. The van der Waals surface area contributed by atoms with Crippen molar-refractivity contribution in [3.05, 3.63) is 58.7 Å². The molecular formula is C26H29NO7. The van der Waals surface area contributed by atoms with Crippen molar-refractivity contribution in [3.63, 3.8) is 0 Å². The molecule has 2 atom stereocenters. The summed E-state index contributed by atoms with van der Waals surface area (Å²) in [5.74, 6) is 0.159. The van der Waals surface area contributed by atoms with E-state index < -0.39 is 17.7 Å². The zero-order valence-electron chi connectivity index (χ0n) is 19.8. The molecule has 34 heavy (non-hydrogen) atoms. The van der Waals surface area contributed by atoms with Gasteiger partial charge >= 0.3 is 0 Å². The topological polar surface area (TPSA) is 94.5 Å². The summed E-state index contributed by atoms with van der Waals surface area (Å²) >= 11 is 0. The SMILES string of the molecule is COCCCN1C(=O)C(=O)C(=C(O)c2ccc3c(c2)C[C@H](C)O3)[C@H]1c1ccc(OC)c(OC)c1. The van der Waals surface area contributed by atoms with Crippen molar-refractivity contribution in [1.29, 1.82) is 0 Å². The number of Topliss-reactive ketones (excluding diaryl/α,β-unsaturated/α-hetero) is 1. The number of fused-ring (bicyclic) bond motifs is 1. The summed E-state index contributed by atoms with van der Waals surface area (Å²) in [4.78, 5) is 27.7. The first kappa shape index (κ1) is 23.6. The maximum atomic E-state index is 13.2. The van der Waals surface area contributed by atoms with Gasteiger partial charge in [0, 0.05) is 32.2 Å². The van der Waals surface area contributed by atoms with E-state index >= 15 is 0 Å². The van der Waals surface area contributed by atoms with Crippen molar-refractivity contribution in [2.45, 2.75) is 31.9 Å². The Balaban J connectivity index is 1.83. The van der Waals surface area contributed by atoms with E-state index in [9.17, 15) is 14.7 Å². The van der Waals surface area contributed by atoms with Crippen molar-refractivity contribution in [2.75, 3.05) is 34.5 Å². The number of carbonyl (C=O) groups excluding carboxylic acids is 2. The van der Waals surface area contributed by atoms with Gasteiger partial charge in [-0.2, -0.15) is 0 Å². The lowest BCUT2D eigenvalue weighted by Crippen LogP contribution is -2.31. The third kappa shape index (κ3) is 4.21. The number of carbonyl (C=O) groups is 2. The predicted octanol–water partition coefficient (Wildman–Crippen LogP) is 3.49. The maximum Gasteiger partial charge on any atom is 0.295 e. The first-order valence-corrected chi connectivity index (χ1v) is 11.2. The van der Waals surface area contributed by atoms with Crippen LogP contribution in [0.15, 0.2) is 42.0 Å². The van der Waals surface area contributed by atoms with Crippen molar-refractivity contribution >= 4 is 17.4 Å². The molecule has 0 aliphatic carbocycles. The van der Waals surface area contributed by atoms with Crippen LogP contribution in [0.5, 0.6) is 17.2 Å². The van der Waals surface area contributed by atoms with Gasteiger partial charge in [0.15, 0.2) is 11.5 Å². The van der Waals surface area contributed by atoms with Gasteiger partial charge in [-0.1, -0.05) is 6.07 Å². The highest BCUT2D eigenvalue weighted by molar-refractivity contribution is 6.46. The molecule has 1 fully saturated rings. The van der Waals surface area contributed by atoms with E-state index in [1.807, 2.05) is 13.0 Å². The fraction of sp³-hybridized carbons (Fsp3) is 0.385. The highest BCUT2D eigenvalue weighted by Crippen LogP contribution is 2.42. The van der Waals surface area contributed by atoms with Gasteiger partial charge in [-0.25, -0.2) is 0 Å². The molecule has 4 rings (SSSR count). The Morgan fingerprint density at radius 3 is 2.56 bits per heavy atom. The number of ketones is 1.